The van der Waals surface area contributed by atoms with Crippen LogP contribution in [0.4, 0.5) is 18.3 Å². The summed E-state index contributed by atoms with van der Waals surface area (Å²) in [5, 5.41) is 10.0. The summed E-state index contributed by atoms with van der Waals surface area (Å²) in [6.07, 6.45) is -4.54. The van der Waals surface area contributed by atoms with E-state index in [0.717, 1.165) is 14.8 Å². The number of anilines is 1. The van der Waals surface area contributed by atoms with Gasteiger partial charge in [0.25, 0.3) is 0 Å². The number of methoxy groups -OCH3 is 1. The van der Waals surface area contributed by atoms with Gasteiger partial charge in [-0.25, -0.2) is 4.98 Å². The van der Waals surface area contributed by atoms with Crippen LogP contribution in [0.2, 0.25) is 0 Å². The summed E-state index contributed by atoms with van der Waals surface area (Å²) in [4.78, 5) is 18.4. The maximum atomic E-state index is 12.9. The summed E-state index contributed by atoms with van der Waals surface area (Å²) >= 11 is 1.32. The van der Waals surface area contributed by atoms with Crippen LogP contribution < -0.4 is 10.1 Å². The molecule has 0 spiro atoms. The third-order valence-electron chi connectivity index (χ3n) is 4.29. The minimum absolute atomic E-state index is 0.0213. The number of ether oxygens (including phenoxy) is 1. The summed E-state index contributed by atoms with van der Waals surface area (Å²) in [5.41, 5.74) is 0.742. The molecule has 0 saturated heterocycles. The van der Waals surface area contributed by atoms with Crippen molar-refractivity contribution in [2.24, 2.45) is 0 Å². The minimum atomic E-state index is -4.54. The maximum absolute atomic E-state index is 12.9. The Labute approximate surface area is 160 Å². The third kappa shape index (κ3) is 3.64. The molecule has 0 aliphatic carbocycles. The first kappa shape index (κ1) is 18.6. The molecule has 0 atom stereocenters. The zero-order chi connectivity index (χ0) is 19.9. The standard InChI is InChI=1S/C16H15F3N6O2S/c1-27-9-2-3-10-11(6-9)28-15(20-10)21-13(26)8-24-4-5-25-12(7-24)22-23-14(25)16(17,18)19/h2-3,6H,4-5,7-8H2,1H3,(H,20,21,26). The van der Waals surface area contributed by atoms with E-state index in [2.05, 4.69) is 20.5 Å². The Kier molecular flexibility index (Phi) is 4.67. The van der Waals surface area contributed by atoms with Gasteiger partial charge in [0, 0.05) is 13.1 Å². The van der Waals surface area contributed by atoms with Crippen molar-refractivity contribution in [2.45, 2.75) is 19.3 Å². The molecule has 1 amide bonds. The van der Waals surface area contributed by atoms with Crippen LogP contribution in [0.15, 0.2) is 18.2 Å². The first-order chi connectivity index (χ1) is 13.3. The number of alkyl halides is 3. The van der Waals surface area contributed by atoms with Crippen LogP contribution in [-0.2, 0) is 24.1 Å². The fraction of sp³-hybridized carbons (Fsp3) is 0.375. The molecule has 1 N–H and O–H groups in total. The number of benzene rings is 1. The average Bonchev–Trinajstić information content (AvgIpc) is 3.23. The number of aromatic nitrogens is 4. The highest BCUT2D eigenvalue weighted by Gasteiger charge is 2.39. The van der Waals surface area contributed by atoms with Gasteiger partial charge in [-0.15, -0.1) is 10.2 Å². The Morgan fingerprint density at radius 3 is 2.89 bits per heavy atom. The fourth-order valence-corrected chi connectivity index (χ4v) is 3.91. The fourth-order valence-electron chi connectivity index (χ4n) is 3.00. The van der Waals surface area contributed by atoms with Crippen LogP contribution in [0, 0.1) is 0 Å². The van der Waals surface area contributed by atoms with E-state index < -0.39 is 12.0 Å². The van der Waals surface area contributed by atoms with Gasteiger partial charge in [-0.1, -0.05) is 11.3 Å². The van der Waals surface area contributed by atoms with E-state index >= 15 is 0 Å². The van der Waals surface area contributed by atoms with Crippen molar-refractivity contribution < 1.29 is 22.7 Å². The second kappa shape index (κ2) is 7.02. The molecule has 0 fully saturated rings. The van der Waals surface area contributed by atoms with E-state index in [4.69, 9.17) is 4.74 Å². The SMILES string of the molecule is COc1ccc2nc(NC(=O)CN3CCn4c(nnc4C(F)(F)F)C3)sc2c1. The number of amides is 1. The van der Waals surface area contributed by atoms with Crippen molar-refractivity contribution in [3.63, 3.8) is 0 Å². The second-order valence-corrected chi connectivity index (χ2v) is 7.23. The zero-order valence-corrected chi connectivity index (χ0v) is 15.5. The third-order valence-corrected chi connectivity index (χ3v) is 5.23. The van der Waals surface area contributed by atoms with Gasteiger partial charge in [0.05, 0.1) is 30.4 Å². The van der Waals surface area contributed by atoms with Crippen LogP contribution in [0.1, 0.15) is 11.6 Å². The van der Waals surface area contributed by atoms with Crippen molar-refractivity contribution >= 4 is 32.6 Å². The Bertz CT molecular complexity index is 1030. The van der Waals surface area contributed by atoms with Gasteiger partial charge in [-0.05, 0) is 18.2 Å². The summed E-state index contributed by atoms with van der Waals surface area (Å²) in [7, 11) is 1.57. The van der Waals surface area contributed by atoms with Crippen molar-refractivity contribution in [2.75, 3.05) is 25.5 Å². The minimum Gasteiger partial charge on any atom is -0.497 e. The summed E-state index contributed by atoms with van der Waals surface area (Å²) in [5.74, 6) is -0.408. The van der Waals surface area contributed by atoms with Crippen LogP contribution in [0.5, 0.6) is 5.75 Å². The monoisotopic (exact) mass is 412 g/mol. The molecule has 148 valence electrons. The smallest absolute Gasteiger partial charge is 0.451 e. The van der Waals surface area contributed by atoms with Crippen molar-refractivity contribution in [3.05, 3.63) is 29.8 Å². The molecule has 0 radical (unpaired) electrons. The highest BCUT2D eigenvalue weighted by molar-refractivity contribution is 7.22. The Morgan fingerprint density at radius 1 is 1.32 bits per heavy atom. The largest absolute Gasteiger partial charge is 0.497 e. The zero-order valence-electron chi connectivity index (χ0n) is 14.7. The van der Waals surface area contributed by atoms with Gasteiger partial charge in [0.15, 0.2) is 5.13 Å². The average molecular weight is 412 g/mol. The molecular weight excluding hydrogens is 397 g/mol. The molecular formula is C16H15F3N6O2S. The number of fused-ring (bicyclic) bond motifs is 2. The molecule has 1 aliphatic rings. The van der Waals surface area contributed by atoms with Gasteiger partial charge >= 0.3 is 6.18 Å². The number of halogens is 3. The van der Waals surface area contributed by atoms with E-state index in [1.165, 1.54) is 11.3 Å². The molecule has 0 bridgehead atoms. The maximum Gasteiger partial charge on any atom is 0.451 e. The topological polar surface area (TPSA) is 85.2 Å². The molecule has 1 aliphatic heterocycles. The van der Waals surface area contributed by atoms with E-state index in [0.29, 0.717) is 17.4 Å². The normalized spacial score (nSPS) is 14.9. The molecule has 2 aromatic heterocycles. The van der Waals surface area contributed by atoms with Crippen LogP contribution in [-0.4, -0.2) is 50.8 Å². The first-order valence-electron chi connectivity index (χ1n) is 8.29. The molecule has 1 aromatic carbocycles. The number of hydrogen-bond donors (Lipinski definition) is 1. The Hall–Kier alpha value is -2.73. The highest BCUT2D eigenvalue weighted by Crippen LogP contribution is 2.30. The lowest BCUT2D eigenvalue weighted by Crippen LogP contribution is -2.39. The molecule has 0 unspecified atom stereocenters. The second-order valence-electron chi connectivity index (χ2n) is 6.20. The summed E-state index contributed by atoms with van der Waals surface area (Å²) < 4.78 is 45.7. The molecule has 8 nitrogen and oxygen atoms in total. The van der Waals surface area contributed by atoms with Crippen molar-refractivity contribution in [1.29, 1.82) is 0 Å². The number of hydrogen-bond acceptors (Lipinski definition) is 7. The molecule has 4 rings (SSSR count). The summed E-state index contributed by atoms with van der Waals surface area (Å²) in [6, 6.07) is 5.42. The van der Waals surface area contributed by atoms with Crippen LogP contribution in [0.25, 0.3) is 10.2 Å². The predicted molar refractivity (Wildman–Crippen MR) is 95.1 cm³/mol. The number of carbonyl (C=O) groups is 1. The summed E-state index contributed by atoms with van der Waals surface area (Å²) in [6.45, 7) is 0.505. The lowest BCUT2D eigenvalue weighted by molar-refractivity contribution is -0.148. The molecule has 12 heteroatoms. The number of nitrogens with zero attached hydrogens (tertiary/aromatic N) is 5. The molecule has 28 heavy (non-hydrogen) atoms. The van der Waals surface area contributed by atoms with Gasteiger partial charge in [0.1, 0.15) is 11.6 Å². The first-order valence-corrected chi connectivity index (χ1v) is 9.11. The molecule has 3 aromatic rings. The number of rotatable bonds is 4. The van der Waals surface area contributed by atoms with Gasteiger partial charge in [-0.2, -0.15) is 13.2 Å². The van der Waals surface area contributed by atoms with E-state index in [-0.39, 0.29) is 31.4 Å². The Morgan fingerprint density at radius 2 is 2.14 bits per heavy atom. The van der Waals surface area contributed by atoms with Crippen LogP contribution >= 0.6 is 11.3 Å². The van der Waals surface area contributed by atoms with Crippen molar-refractivity contribution in [3.8, 4) is 5.75 Å². The molecule has 3 heterocycles. The van der Waals surface area contributed by atoms with Crippen molar-refractivity contribution in [1.82, 2.24) is 24.6 Å². The van der Waals surface area contributed by atoms with Gasteiger partial charge in [-0.3, -0.25) is 9.69 Å². The van der Waals surface area contributed by atoms with E-state index in [9.17, 15) is 18.0 Å². The highest BCUT2D eigenvalue weighted by atomic mass is 32.1. The lowest BCUT2D eigenvalue weighted by Gasteiger charge is -2.27. The lowest BCUT2D eigenvalue weighted by atomic mass is 10.3. The van der Waals surface area contributed by atoms with Crippen LogP contribution in [0.3, 0.4) is 0 Å². The van der Waals surface area contributed by atoms with E-state index in [1.807, 2.05) is 6.07 Å². The number of thiazole rings is 1. The Balaban J connectivity index is 1.40. The molecule has 0 saturated carbocycles. The van der Waals surface area contributed by atoms with E-state index in [1.54, 1.807) is 24.1 Å². The number of carbonyl (C=O) groups excluding carboxylic acids is 1. The quantitative estimate of drug-likeness (QED) is 0.708. The predicted octanol–water partition coefficient (Wildman–Crippen LogP) is 2.37. The van der Waals surface area contributed by atoms with Gasteiger partial charge < -0.3 is 14.6 Å². The number of nitrogens with one attached hydrogen (secondary N) is 1. The van der Waals surface area contributed by atoms with Gasteiger partial charge in [0.2, 0.25) is 11.7 Å².